The standard InChI is InChI=1S/C18H20F2N2O4S/c1-22(2)16(14-5-3-12(19)9-15(14)20)11-21-27(23,24)13-4-6-17-18(10-13)26-8-7-25-17/h3-6,9-10,16,21H,7-8,11H2,1-2H3. The lowest BCUT2D eigenvalue weighted by Gasteiger charge is -2.25. The number of nitrogens with one attached hydrogen (secondary N) is 1. The normalized spacial score (nSPS) is 15.0. The van der Waals surface area contributed by atoms with Gasteiger partial charge in [-0.25, -0.2) is 21.9 Å². The van der Waals surface area contributed by atoms with Gasteiger partial charge >= 0.3 is 0 Å². The van der Waals surface area contributed by atoms with Crippen molar-refractivity contribution in [2.75, 3.05) is 33.9 Å². The van der Waals surface area contributed by atoms with Crippen LogP contribution in [-0.4, -0.2) is 47.2 Å². The fourth-order valence-corrected chi connectivity index (χ4v) is 3.86. The van der Waals surface area contributed by atoms with Crippen molar-refractivity contribution in [3.8, 4) is 11.5 Å². The number of fused-ring (bicyclic) bond motifs is 1. The molecule has 1 atom stereocenters. The van der Waals surface area contributed by atoms with Crippen LogP contribution in [0.15, 0.2) is 41.3 Å². The molecule has 146 valence electrons. The Labute approximate surface area is 156 Å². The highest BCUT2D eigenvalue weighted by Crippen LogP contribution is 2.32. The first-order valence-electron chi connectivity index (χ1n) is 8.28. The molecule has 1 N–H and O–H groups in total. The number of likely N-dealkylation sites (N-methyl/N-ethyl adjacent to an activating group) is 1. The van der Waals surface area contributed by atoms with Gasteiger partial charge in [-0.1, -0.05) is 6.07 Å². The molecule has 0 radical (unpaired) electrons. The third-order valence-corrected chi connectivity index (χ3v) is 5.66. The van der Waals surface area contributed by atoms with Crippen LogP contribution >= 0.6 is 0 Å². The third-order valence-electron chi connectivity index (χ3n) is 4.24. The van der Waals surface area contributed by atoms with Gasteiger partial charge in [-0.15, -0.1) is 0 Å². The van der Waals surface area contributed by atoms with Crippen LogP contribution in [0.5, 0.6) is 11.5 Å². The Bertz CT molecular complexity index is 935. The molecule has 0 saturated carbocycles. The molecule has 2 aromatic carbocycles. The van der Waals surface area contributed by atoms with Crippen LogP contribution in [-0.2, 0) is 10.0 Å². The first kappa shape index (κ1) is 19.5. The first-order valence-corrected chi connectivity index (χ1v) is 9.77. The first-order chi connectivity index (χ1) is 12.8. The highest BCUT2D eigenvalue weighted by molar-refractivity contribution is 7.89. The molecule has 1 aliphatic heterocycles. The number of benzene rings is 2. The molecular weight excluding hydrogens is 378 g/mol. The predicted octanol–water partition coefficient (Wildman–Crippen LogP) is 2.32. The van der Waals surface area contributed by atoms with Gasteiger partial charge in [0.25, 0.3) is 0 Å². The minimum absolute atomic E-state index is 0.0174. The quantitative estimate of drug-likeness (QED) is 0.809. The second-order valence-electron chi connectivity index (χ2n) is 6.30. The lowest BCUT2D eigenvalue weighted by atomic mass is 10.1. The summed E-state index contributed by atoms with van der Waals surface area (Å²) < 4.78 is 65.8. The Hall–Kier alpha value is -2.23. The maximum absolute atomic E-state index is 14.1. The molecule has 2 aromatic rings. The van der Waals surface area contributed by atoms with Crippen LogP contribution < -0.4 is 14.2 Å². The summed E-state index contributed by atoms with van der Waals surface area (Å²) in [6, 6.07) is 6.96. The summed E-state index contributed by atoms with van der Waals surface area (Å²) in [5.41, 5.74) is 0.200. The molecule has 0 aromatic heterocycles. The van der Waals surface area contributed by atoms with Gasteiger partial charge in [0.1, 0.15) is 24.8 Å². The molecule has 0 saturated heterocycles. The van der Waals surface area contributed by atoms with E-state index in [1.807, 2.05) is 0 Å². The fraction of sp³-hybridized carbons (Fsp3) is 0.333. The lowest BCUT2D eigenvalue weighted by Crippen LogP contribution is -2.35. The van der Waals surface area contributed by atoms with Gasteiger partial charge < -0.3 is 14.4 Å². The summed E-state index contributed by atoms with van der Waals surface area (Å²) in [4.78, 5) is 1.67. The summed E-state index contributed by atoms with van der Waals surface area (Å²) >= 11 is 0. The number of hydrogen-bond donors (Lipinski definition) is 1. The van der Waals surface area contributed by atoms with E-state index in [9.17, 15) is 17.2 Å². The Morgan fingerprint density at radius 1 is 1.07 bits per heavy atom. The molecule has 1 unspecified atom stereocenters. The van der Waals surface area contributed by atoms with Crippen LogP contribution in [0, 0.1) is 11.6 Å². The summed E-state index contributed by atoms with van der Waals surface area (Å²) in [6.45, 7) is 0.661. The number of ether oxygens (including phenoxy) is 2. The lowest BCUT2D eigenvalue weighted by molar-refractivity contribution is 0.171. The average Bonchev–Trinajstić information content (AvgIpc) is 2.62. The summed E-state index contributed by atoms with van der Waals surface area (Å²) in [6.07, 6.45) is 0. The predicted molar refractivity (Wildman–Crippen MR) is 95.4 cm³/mol. The van der Waals surface area contributed by atoms with E-state index in [4.69, 9.17) is 9.47 Å². The molecule has 3 rings (SSSR count). The molecule has 1 aliphatic rings. The van der Waals surface area contributed by atoms with Gasteiger partial charge in [0.05, 0.1) is 10.9 Å². The Morgan fingerprint density at radius 3 is 2.44 bits per heavy atom. The molecule has 0 aliphatic carbocycles. The van der Waals surface area contributed by atoms with Crippen molar-refractivity contribution in [3.63, 3.8) is 0 Å². The van der Waals surface area contributed by atoms with E-state index in [1.54, 1.807) is 19.0 Å². The van der Waals surface area contributed by atoms with E-state index < -0.39 is 27.7 Å². The molecule has 9 heteroatoms. The van der Waals surface area contributed by atoms with Gasteiger partial charge in [0, 0.05) is 24.2 Å². The fourth-order valence-electron chi connectivity index (χ4n) is 2.81. The summed E-state index contributed by atoms with van der Waals surface area (Å²) in [5.74, 6) is -0.574. The SMILES string of the molecule is CN(C)C(CNS(=O)(=O)c1ccc2c(c1)OCCO2)c1ccc(F)cc1F. The van der Waals surface area contributed by atoms with Gasteiger partial charge in [-0.2, -0.15) is 0 Å². The van der Waals surface area contributed by atoms with E-state index in [-0.39, 0.29) is 17.0 Å². The Kier molecular flexibility index (Phi) is 5.64. The maximum Gasteiger partial charge on any atom is 0.240 e. The van der Waals surface area contributed by atoms with E-state index in [0.717, 1.165) is 12.1 Å². The van der Waals surface area contributed by atoms with Crippen LogP contribution in [0.4, 0.5) is 8.78 Å². The smallest absolute Gasteiger partial charge is 0.240 e. The van der Waals surface area contributed by atoms with Crippen molar-refractivity contribution in [1.82, 2.24) is 9.62 Å². The molecule has 1 heterocycles. The van der Waals surface area contributed by atoms with Gasteiger partial charge in [0.2, 0.25) is 10.0 Å². The zero-order valence-corrected chi connectivity index (χ0v) is 15.7. The van der Waals surface area contributed by atoms with Gasteiger partial charge in [-0.3, -0.25) is 0 Å². The maximum atomic E-state index is 14.1. The molecule has 0 spiro atoms. The van der Waals surface area contributed by atoms with Crippen LogP contribution in [0.3, 0.4) is 0 Å². The minimum atomic E-state index is -3.86. The highest BCUT2D eigenvalue weighted by Gasteiger charge is 2.24. The third kappa shape index (κ3) is 4.37. The van der Waals surface area contributed by atoms with Crippen molar-refractivity contribution in [3.05, 3.63) is 53.6 Å². The Balaban J connectivity index is 1.80. The number of rotatable bonds is 6. The van der Waals surface area contributed by atoms with Crippen molar-refractivity contribution in [2.45, 2.75) is 10.9 Å². The number of sulfonamides is 1. The Morgan fingerprint density at radius 2 is 1.78 bits per heavy atom. The topological polar surface area (TPSA) is 67.9 Å². The van der Waals surface area contributed by atoms with Crippen LogP contribution in [0.1, 0.15) is 11.6 Å². The molecule has 27 heavy (non-hydrogen) atoms. The van der Waals surface area contributed by atoms with Gasteiger partial charge in [0.15, 0.2) is 11.5 Å². The number of halogens is 2. The average molecular weight is 398 g/mol. The van der Waals surface area contributed by atoms with Crippen molar-refractivity contribution >= 4 is 10.0 Å². The van der Waals surface area contributed by atoms with Crippen molar-refractivity contribution in [2.24, 2.45) is 0 Å². The second kappa shape index (κ2) is 7.79. The van der Waals surface area contributed by atoms with Crippen molar-refractivity contribution in [1.29, 1.82) is 0 Å². The van der Waals surface area contributed by atoms with E-state index in [0.29, 0.717) is 24.7 Å². The van der Waals surface area contributed by atoms with Crippen LogP contribution in [0.2, 0.25) is 0 Å². The van der Waals surface area contributed by atoms with E-state index >= 15 is 0 Å². The zero-order valence-electron chi connectivity index (χ0n) is 14.9. The van der Waals surface area contributed by atoms with Gasteiger partial charge in [-0.05, 0) is 32.3 Å². The minimum Gasteiger partial charge on any atom is -0.486 e. The second-order valence-corrected chi connectivity index (χ2v) is 8.07. The molecular formula is C18H20F2N2O4S. The number of hydrogen-bond acceptors (Lipinski definition) is 5. The highest BCUT2D eigenvalue weighted by atomic mass is 32.2. The molecule has 0 amide bonds. The number of nitrogens with zero attached hydrogens (tertiary/aromatic N) is 1. The van der Waals surface area contributed by atoms with Crippen molar-refractivity contribution < 1.29 is 26.7 Å². The van der Waals surface area contributed by atoms with Crippen LogP contribution in [0.25, 0.3) is 0 Å². The largest absolute Gasteiger partial charge is 0.486 e. The summed E-state index contributed by atoms with van der Waals surface area (Å²) in [5, 5.41) is 0. The van der Waals surface area contributed by atoms with E-state index in [2.05, 4.69) is 4.72 Å². The zero-order chi connectivity index (χ0) is 19.6. The monoisotopic (exact) mass is 398 g/mol. The molecule has 0 fully saturated rings. The molecule has 6 nitrogen and oxygen atoms in total. The summed E-state index contributed by atoms with van der Waals surface area (Å²) in [7, 11) is -0.487. The van der Waals surface area contributed by atoms with E-state index in [1.165, 1.54) is 24.3 Å². The molecule has 0 bridgehead atoms.